The van der Waals surface area contributed by atoms with E-state index in [4.69, 9.17) is 5.11 Å². The number of rotatable bonds is 7. The van der Waals surface area contributed by atoms with Crippen molar-refractivity contribution in [2.45, 2.75) is 70.0 Å². The van der Waals surface area contributed by atoms with Crippen molar-refractivity contribution < 1.29 is 9.90 Å². The third-order valence-corrected chi connectivity index (χ3v) is 5.32. The molecule has 3 aliphatic carbocycles. The highest BCUT2D eigenvalue weighted by Gasteiger charge is 2.38. The number of nitrogens with zero attached hydrogens (tertiary/aromatic N) is 1. The molecule has 3 aliphatic rings. The van der Waals surface area contributed by atoms with Gasteiger partial charge in [0.05, 0.1) is 6.54 Å². The van der Waals surface area contributed by atoms with E-state index in [0.717, 1.165) is 31.2 Å². The van der Waals surface area contributed by atoms with Crippen LogP contribution in [0.2, 0.25) is 0 Å². The van der Waals surface area contributed by atoms with E-state index < -0.39 is 5.97 Å². The van der Waals surface area contributed by atoms with Crippen molar-refractivity contribution in [2.24, 2.45) is 11.8 Å². The third-order valence-electron chi connectivity index (χ3n) is 5.32. The van der Waals surface area contributed by atoms with Gasteiger partial charge in [0, 0.05) is 24.7 Å². The van der Waals surface area contributed by atoms with E-state index in [9.17, 15) is 4.79 Å². The van der Waals surface area contributed by atoms with Crippen LogP contribution in [0.1, 0.15) is 51.9 Å². The summed E-state index contributed by atoms with van der Waals surface area (Å²) in [4.78, 5) is 13.2. The summed E-state index contributed by atoms with van der Waals surface area (Å²) >= 11 is 0. The van der Waals surface area contributed by atoms with Crippen LogP contribution in [-0.4, -0.2) is 47.2 Å². The fourth-order valence-corrected chi connectivity index (χ4v) is 3.86. The smallest absolute Gasteiger partial charge is 0.317 e. The average Bonchev–Trinajstić information content (AvgIpc) is 3.03. The van der Waals surface area contributed by atoms with E-state index in [2.05, 4.69) is 17.1 Å². The van der Waals surface area contributed by atoms with Crippen LogP contribution in [0.4, 0.5) is 0 Å². The lowest BCUT2D eigenvalue weighted by atomic mass is 9.84. The summed E-state index contributed by atoms with van der Waals surface area (Å²) < 4.78 is 0. The minimum Gasteiger partial charge on any atom is -0.480 e. The minimum atomic E-state index is -0.674. The Morgan fingerprint density at radius 1 is 1.15 bits per heavy atom. The maximum Gasteiger partial charge on any atom is 0.317 e. The van der Waals surface area contributed by atoms with Gasteiger partial charge in [0.15, 0.2) is 0 Å². The van der Waals surface area contributed by atoms with Crippen molar-refractivity contribution in [1.82, 2.24) is 10.2 Å². The number of aliphatic carboxylic acids is 1. The van der Waals surface area contributed by atoms with E-state index in [-0.39, 0.29) is 6.54 Å². The standard InChI is InChI=1S/C16H28N2O2/c1-11-2-5-13(6-11)17-14-7-15(8-14)18(10-16(19)20)9-12-3-4-12/h11-15,17H,2-10H2,1H3,(H,19,20). The molecule has 3 rings (SSSR count). The van der Waals surface area contributed by atoms with Gasteiger partial charge in [-0.3, -0.25) is 9.69 Å². The molecular formula is C16H28N2O2. The highest BCUT2D eigenvalue weighted by atomic mass is 16.4. The molecule has 4 nitrogen and oxygen atoms in total. The normalized spacial score (nSPS) is 37.1. The van der Waals surface area contributed by atoms with Gasteiger partial charge in [-0.1, -0.05) is 6.92 Å². The highest BCUT2D eigenvalue weighted by Crippen LogP contribution is 2.34. The Morgan fingerprint density at radius 3 is 2.45 bits per heavy atom. The molecule has 0 bridgehead atoms. The van der Waals surface area contributed by atoms with Gasteiger partial charge in [-0.15, -0.1) is 0 Å². The molecule has 0 heterocycles. The van der Waals surface area contributed by atoms with Crippen molar-refractivity contribution in [2.75, 3.05) is 13.1 Å². The van der Waals surface area contributed by atoms with E-state index >= 15 is 0 Å². The molecule has 0 amide bonds. The maximum absolute atomic E-state index is 11.0. The van der Waals surface area contributed by atoms with Gasteiger partial charge in [0.2, 0.25) is 0 Å². The zero-order valence-electron chi connectivity index (χ0n) is 12.6. The van der Waals surface area contributed by atoms with Crippen LogP contribution in [-0.2, 0) is 4.79 Å². The van der Waals surface area contributed by atoms with Gasteiger partial charge in [-0.2, -0.15) is 0 Å². The highest BCUT2D eigenvalue weighted by molar-refractivity contribution is 5.69. The molecule has 0 aromatic rings. The molecule has 0 spiro atoms. The zero-order chi connectivity index (χ0) is 14.1. The van der Waals surface area contributed by atoms with Crippen LogP contribution in [0.15, 0.2) is 0 Å². The molecule has 2 unspecified atom stereocenters. The van der Waals surface area contributed by atoms with Crippen molar-refractivity contribution in [3.8, 4) is 0 Å². The van der Waals surface area contributed by atoms with E-state index in [1.807, 2.05) is 0 Å². The van der Waals surface area contributed by atoms with Crippen LogP contribution in [0, 0.1) is 11.8 Å². The lowest BCUT2D eigenvalue weighted by Crippen LogP contribution is -2.55. The van der Waals surface area contributed by atoms with Gasteiger partial charge in [0.25, 0.3) is 0 Å². The van der Waals surface area contributed by atoms with Crippen LogP contribution in [0.25, 0.3) is 0 Å². The third kappa shape index (κ3) is 3.73. The van der Waals surface area contributed by atoms with Crippen molar-refractivity contribution in [1.29, 1.82) is 0 Å². The molecular weight excluding hydrogens is 252 g/mol. The SMILES string of the molecule is CC1CCC(NC2CC(N(CC(=O)O)CC3CC3)C2)C1. The minimum absolute atomic E-state index is 0.231. The van der Waals surface area contributed by atoms with Gasteiger partial charge < -0.3 is 10.4 Å². The predicted octanol–water partition coefficient (Wildman–Crippen LogP) is 2.09. The Bertz CT molecular complexity index is 350. The first-order chi connectivity index (χ1) is 9.60. The van der Waals surface area contributed by atoms with Gasteiger partial charge in [-0.05, 0) is 56.8 Å². The zero-order valence-corrected chi connectivity index (χ0v) is 12.6. The van der Waals surface area contributed by atoms with Crippen LogP contribution in [0.3, 0.4) is 0 Å². The molecule has 2 N–H and O–H groups in total. The first-order valence-electron chi connectivity index (χ1n) is 8.32. The van der Waals surface area contributed by atoms with E-state index in [1.54, 1.807) is 0 Å². The summed E-state index contributed by atoms with van der Waals surface area (Å²) in [6.45, 7) is 3.58. The molecule has 2 atom stereocenters. The lowest BCUT2D eigenvalue weighted by molar-refractivity contribution is -0.139. The Labute approximate surface area is 121 Å². The lowest BCUT2D eigenvalue weighted by Gasteiger charge is -2.44. The van der Waals surface area contributed by atoms with Crippen molar-refractivity contribution >= 4 is 5.97 Å². The predicted molar refractivity (Wildman–Crippen MR) is 78.7 cm³/mol. The number of hydrogen-bond acceptors (Lipinski definition) is 3. The Kier molecular flexibility index (Phi) is 4.32. The number of hydrogen-bond donors (Lipinski definition) is 2. The monoisotopic (exact) mass is 280 g/mol. The number of carbonyl (C=O) groups is 1. The van der Waals surface area contributed by atoms with Gasteiger partial charge >= 0.3 is 5.97 Å². The van der Waals surface area contributed by atoms with E-state index in [1.165, 1.54) is 32.1 Å². The Balaban J connectivity index is 1.41. The summed E-state index contributed by atoms with van der Waals surface area (Å²) in [5.74, 6) is 0.977. The summed E-state index contributed by atoms with van der Waals surface area (Å²) in [6.07, 6.45) is 8.89. The average molecular weight is 280 g/mol. The maximum atomic E-state index is 11.0. The number of nitrogens with one attached hydrogen (secondary N) is 1. The fourth-order valence-electron chi connectivity index (χ4n) is 3.86. The molecule has 3 fully saturated rings. The molecule has 0 aromatic carbocycles. The quantitative estimate of drug-likeness (QED) is 0.750. The second-order valence-corrected chi connectivity index (χ2v) is 7.37. The van der Waals surface area contributed by atoms with Crippen molar-refractivity contribution in [3.05, 3.63) is 0 Å². The van der Waals surface area contributed by atoms with E-state index in [0.29, 0.717) is 18.1 Å². The first-order valence-corrected chi connectivity index (χ1v) is 8.32. The fraction of sp³-hybridized carbons (Fsp3) is 0.938. The topological polar surface area (TPSA) is 52.6 Å². The largest absolute Gasteiger partial charge is 0.480 e. The summed E-state index contributed by atoms with van der Waals surface area (Å²) in [6, 6.07) is 1.85. The van der Waals surface area contributed by atoms with Crippen LogP contribution < -0.4 is 5.32 Å². The van der Waals surface area contributed by atoms with Crippen LogP contribution >= 0.6 is 0 Å². The molecule has 0 saturated heterocycles. The summed E-state index contributed by atoms with van der Waals surface area (Å²) in [5.41, 5.74) is 0. The van der Waals surface area contributed by atoms with Crippen molar-refractivity contribution in [3.63, 3.8) is 0 Å². The summed E-state index contributed by atoms with van der Waals surface area (Å²) in [5, 5.41) is 12.8. The van der Waals surface area contributed by atoms with Gasteiger partial charge in [0.1, 0.15) is 0 Å². The molecule has 0 aliphatic heterocycles. The number of carboxylic acid groups (broad SMARTS) is 1. The first kappa shape index (κ1) is 14.3. The molecule has 20 heavy (non-hydrogen) atoms. The Hall–Kier alpha value is -0.610. The number of carboxylic acids is 1. The molecule has 0 radical (unpaired) electrons. The second kappa shape index (κ2) is 6.02. The molecule has 3 saturated carbocycles. The molecule has 0 aromatic heterocycles. The van der Waals surface area contributed by atoms with Gasteiger partial charge in [-0.25, -0.2) is 0 Å². The van der Waals surface area contributed by atoms with Crippen LogP contribution in [0.5, 0.6) is 0 Å². The molecule has 4 heteroatoms. The second-order valence-electron chi connectivity index (χ2n) is 7.37. The Morgan fingerprint density at radius 2 is 1.90 bits per heavy atom. The molecule has 114 valence electrons. The summed E-state index contributed by atoms with van der Waals surface area (Å²) in [7, 11) is 0.